The maximum absolute atomic E-state index is 11.6. The molecule has 1 aromatic rings. The Balaban J connectivity index is 0.00000400. The molecular formula is C17H25NaO3. The Morgan fingerprint density at radius 3 is 2.19 bits per heavy atom. The maximum atomic E-state index is 11.6. The molecule has 0 unspecified atom stereocenters. The van der Waals surface area contributed by atoms with Crippen LogP contribution in [0.5, 0.6) is 5.75 Å². The summed E-state index contributed by atoms with van der Waals surface area (Å²) in [7, 11) is 0. The fourth-order valence-corrected chi connectivity index (χ4v) is 2.36. The van der Waals surface area contributed by atoms with Crippen LogP contribution >= 0.6 is 0 Å². The van der Waals surface area contributed by atoms with Gasteiger partial charge < -0.3 is 10.2 Å². The van der Waals surface area contributed by atoms with Crippen LogP contribution in [0.1, 0.15) is 74.2 Å². The van der Waals surface area contributed by atoms with Gasteiger partial charge in [0.25, 0.3) is 0 Å². The summed E-state index contributed by atoms with van der Waals surface area (Å²) < 4.78 is 0. The Bertz CT molecular complexity index is 418. The molecule has 0 aliphatic rings. The Hall–Kier alpha value is -0.510. The number of unbranched alkanes of at least 4 members (excludes halogenated alkanes) is 7. The first-order chi connectivity index (χ1) is 9.65. The van der Waals surface area contributed by atoms with Crippen LogP contribution in [0.15, 0.2) is 18.2 Å². The molecule has 0 bridgehead atoms. The van der Waals surface area contributed by atoms with Crippen molar-refractivity contribution in [3.8, 4) is 5.75 Å². The Kier molecular flexibility index (Phi) is 11.8. The molecule has 0 spiro atoms. The van der Waals surface area contributed by atoms with Crippen LogP contribution in [0.2, 0.25) is 0 Å². The topological polar surface area (TPSA) is 60.4 Å². The van der Waals surface area contributed by atoms with Gasteiger partial charge in [0.15, 0.2) is 0 Å². The monoisotopic (exact) mass is 300 g/mol. The van der Waals surface area contributed by atoms with Gasteiger partial charge in [0.2, 0.25) is 0 Å². The molecule has 1 N–H and O–H groups in total. The van der Waals surface area contributed by atoms with Crippen molar-refractivity contribution in [2.45, 2.75) is 64.7 Å². The molecule has 0 aliphatic carbocycles. The summed E-state index contributed by atoms with van der Waals surface area (Å²) in [4.78, 5) is 10.9. The molecule has 0 heterocycles. The summed E-state index contributed by atoms with van der Waals surface area (Å²) in [5, 5.41) is 20.5. The van der Waals surface area contributed by atoms with Crippen molar-refractivity contribution in [1.82, 2.24) is 0 Å². The largest absolute Gasteiger partial charge is 1.00 e. The van der Waals surface area contributed by atoms with E-state index in [1.54, 1.807) is 0 Å². The van der Waals surface area contributed by atoms with Gasteiger partial charge in [-0.15, -0.1) is 5.75 Å². The molecular weight excluding hydrogens is 275 g/mol. The average molecular weight is 300 g/mol. The first kappa shape index (κ1) is 20.5. The molecule has 0 atom stereocenters. The van der Waals surface area contributed by atoms with Gasteiger partial charge in [-0.3, -0.25) is 0 Å². The molecule has 3 nitrogen and oxygen atoms in total. The second-order valence-corrected chi connectivity index (χ2v) is 5.35. The molecule has 112 valence electrons. The molecule has 0 amide bonds. The summed E-state index contributed by atoms with van der Waals surface area (Å²) in [5.41, 5.74) is 0.843. The van der Waals surface area contributed by atoms with E-state index in [4.69, 9.17) is 5.11 Å². The molecule has 0 saturated heterocycles. The number of rotatable bonds is 10. The Morgan fingerprint density at radius 1 is 1.05 bits per heavy atom. The summed E-state index contributed by atoms with van der Waals surface area (Å²) in [6.07, 6.45) is 10.4. The minimum atomic E-state index is -0.970. The van der Waals surface area contributed by atoms with Gasteiger partial charge >= 0.3 is 35.5 Å². The minimum Gasteiger partial charge on any atom is -0.872 e. The van der Waals surface area contributed by atoms with E-state index in [1.807, 2.05) is 0 Å². The van der Waals surface area contributed by atoms with E-state index in [-0.39, 0.29) is 40.9 Å². The number of aromatic carboxylic acids is 1. The predicted octanol–water partition coefficient (Wildman–Crippen LogP) is 1.15. The first-order valence-electron chi connectivity index (χ1n) is 7.68. The molecule has 0 fully saturated rings. The number of carboxylic acids is 1. The molecule has 0 aromatic heterocycles. The van der Waals surface area contributed by atoms with Gasteiger partial charge in [-0.2, -0.15) is 0 Å². The van der Waals surface area contributed by atoms with Crippen LogP contribution in [0.25, 0.3) is 0 Å². The number of carboxylic acid groups (broad SMARTS) is 1. The van der Waals surface area contributed by atoms with E-state index in [1.165, 1.54) is 56.7 Å². The van der Waals surface area contributed by atoms with Crippen LogP contribution in [0.3, 0.4) is 0 Å². The molecule has 0 saturated carbocycles. The van der Waals surface area contributed by atoms with Crippen molar-refractivity contribution in [2.75, 3.05) is 0 Å². The van der Waals surface area contributed by atoms with Gasteiger partial charge in [0.1, 0.15) is 0 Å². The summed E-state index contributed by atoms with van der Waals surface area (Å²) in [6, 6.07) is 4.26. The number of benzene rings is 1. The third kappa shape index (κ3) is 8.50. The summed E-state index contributed by atoms with van der Waals surface area (Å²) in [6.45, 7) is 2.21. The van der Waals surface area contributed by atoms with E-state index in [9.17, 15) is 9.90 Å². The first-order valence-corrected chi connectivity index (χ1v) is 7.68. The summed E-state index contributed by atoms with van der Waals surface area (Å²) >= 11 is 0. The van der Waals surface area contributed by atoms with Gasteiger partial charge in [-0.25, -0.2) is 4.79 Å². The van der Waals surface area contributed by atoms with E-state index < -0.39 is 5.97 Å². The van der Waals surface area contributed by atoms with Crippen molar-refractivity contribution in [1.29, 1.82) is 0 Å². The molecule has 0 aliphatic heterocycles. The van der Waals surface area contributed by atoms with Gasteiger partial charge in [0.05, 0.1) is 5.56 Å². The van der Waals surface area contributed by atoms with Crippen molar-refractivity contribution in [3.05, 3.63) is 29.3 Å². The van der Waals surface area contributed by atoms with Gasteiger partial charge in [-0.1, -0.05) is 63.5 Å². The average Bonchev–Trinajstić information content (AvgIpc) is 2.43. The second-order valence-electron chi connectivity index (χ2n) is 5.35. The zero-order valence-corrected chi connectivity index (χ0v) is 15.4. The van der Waals surface area contributed by atoms with Crippen LogP contribution < -0.4 is 34.7 Å². The van der Waals surface area contributed by atoms with Crippen molar-refractivity contribution in [3.63, 3.8) is 0 Å². The number of carbonyl (C=O) groups is 1. The molecule has 0 radical (unpaired) electrons. The number of hydrogen-bond acceptors (Lipinski definition) is 2. The zero-order chi connectivity index (χ0) is 14.8. The molecule has 4 heteroatoms. The summed E-state index contributed by atoms with van der Waals surface area (Å²) in [5.74, 6) is -1.01. The Labute approximate surface area is 150 Å². The zero-order valence-electron chi connectivity index (χ0n) is 13.4. The third-order valence-electron chi connectivity index (χ3n) is 3.61. The second kappa shape index (κ2) is 12.1. The Morgan fingerprint density at radius 2 is 1.62 bits per heavy atom. The van der Waals surface area contributed by atoms with Crippen LogP contribution in [-0.4, -0.2) is 11.1 Å². The van der Waals surface area contributed by atoms with E-state index in [0.717, 1.165) is 12.8 Å². The van der Waals surface area contributed by atoms with Crippen LogP contribution in [0, 0.1) is 0 Å². The van der Waals surface area contributed by atoms with Crippen LogP contribution in [0.4, 0.5) is 0 Å². The van der Waals surface area contributed by atoms with Crippen molar-refractivity contribution < 1.29 is 44.6 Å². The quantitative estimate of drug-likeness (QED) is 0.521. The standard InChI is InChI=1S/C17H26O3.Na/c1-2-3-4-5-6-7-8-9-10-14-13-15(17(19)20)11-12-16(14)18;/h11-13,18H,2-10H2,1H3,(H,19,20);/q;+1/p-1. The minimum absolute atomic E-state index is 0. The molecule has 1 rings (SSSR count). The van der Waals surface area contributed by atoms with Crippen molar-refractivity contribution >= 4 is 5.97 Å². The van der Waals surface area contributed by atoms with Gasteiger partial charge in [-0.05, 0) is 25.0 Å². The van der Waals surface area contributed by atoms with E-state index >= 15 is 0 Å². The smallest absolute Gasteiger partial charge is 0.872 e. The fourth-order valence-electron chi connectivity index (χ4n) is 2.36. The normalized spacial score (nSPS) is 10.1. The predicted molar refractivity (Wildman–Crippen MR) is 79.2 cm³/mol. The third-order valence-corrected chi connectivity index (χ3v) is 3.61. The van der Waals surface area contributed by atoms with E-state index in [2.05, 4.69) is 6.92 Å². The number of hydrogen-bond donors (Lipinski definition) is 1. The number of aryl methyl sites for hydroxylation is 1. The van der Waals surface area contributed by atoms with Crippen LogP contribution in [-0.2, 0) is 6.42 Å². The van der Waals surface area contributed by atoms with E-state index in [0.29, 0.717) is 12.0 Å². The maximum Gasteiger partial charge on any atom is 1.00 e. The van der Waals surface area contributed by atoms with Gasteiger partial charge in [0, 0.05) is 0 Å². The molecule has 21 heavy (non-hydrogen) atoms. The fraction of sp³-hybridized carbons (Fsp3) is 0.588. The molecule has 1 aromatic carbocycles. The van der Waals surface area contributed by atoms with Crippen molar-refractivity contribution in [2.24, 2.45) is 0 Å². The SMILES string of the molecule is CCCCCCCCCCc1cc(C(=O)O)ccc1[O-].[Na+].